The number of carbonyl (C=O) groups is 1. The second-order valence-electron chi connectivity index (χ2n) is 6.28. The Bertz CT molecular complexity index is 756. The number of carbonyl (C=O) groups excluding carboxylic acids is 1. The Morgan fingerprint density at radius 2 is 1.88 bits per heavy atom. The monoisotopic (exact) mass is 329 g/mol. The van der Waals surface area contributed by atoms with Gasteiger partial charge in [0, 0.05) is 57.1 Å². The summed E-state index contributed by atoms with van der Waals surface area (Å²) in [5, 5.41) is 0. The Morgan fingerprint density at radius 1 is 1.21 bits per heavy atom. The van der Waals surface area contributed by atoms with Crippen LogP contribution in [0.4, 0.5) is 0 Å². The van der Waals surface area contributed by atoms with Crippen molar-refractivity contribution in [3.05, 3.63) is 52.7 Å². The molecular formula is C18H23N3O3. The molecule has 2 aromatic rings. The van der Waals surface area contributed by atoms with E-state index in [1.165, 1.54) is 6.07 Å². The van der Waals surface area contributed by atoms with Gasteiger partial charge in [-0.1, -0.05) is 0 Å². The van der Waals surface area contributed by atoms with Crippen LogP contribution in [0.5, 0.6) is 5.75 Å². The third-order valence-corrected chi connectivity index (χ3v) is 4.56. The van der Waals surface area contributed by atoms with E-state index in [9.17, 15) is 9.59 Å². The molecule has 0 saturated carbocycles. The number of nitrogens with zero attached hydrogens (tertiary/aromatic N) is 3. The van der Waals surface area contributed by atoms with Crippen LogP contribution >= 0.6 is 0 Å². The van der Waals surface area contributed by atoms with Crippen molar-refractivity contribution >= 4 is 5.91 Å². The van der Waals surface area contributed by atoms with Crippen molar-refractivity contribution in [1.29, 1.82) is 0 Å². The van der Waals surface area contributed by atoms with Gasteiger partial charge in [-0.3, -0.25) is 9.59 Å². The van der Waals surface area contributed by atoms with Crippen LogP contribution in [0.25, 0.3) is 0 Å². The van der Waals surface area contributed by atoms with E-state index in [1.807, 2.05) is 47.0 Å². The van der Waals surface area contributed by atoms with Crippen molar-refractivity contribution < 1.29 is 9.53 Å². The van der Waals surface area contributed by atoms with Crippen LogP contribution in [-0.2, 0) is 18.4 Å². The van der Waals surface area contributed by atoms with Crippen LogP contribution in [0, 0.1) is 6.92 Å². The maximum atomic E-state index is 12.3. The molecule has 3 heterocycles. The molecule has 6 heteroatoms. The Hall–Kier alpha value is -2.50. The zero-order valence-electron chi connectivity index (χ0n) is 14.1. The van der Waals surface area contributed by atoms with Gasteiger partial charge in [0.1, 0.15) is 18.4 Å². The predicted octanol–water partition coefficient (Wildman–Crippen LogP) is 1.57. The highest BCUT2D eigenvalue weighted by Gasteiger charge is 2.24. The molecule has 0 atom stereocenters. The van der Waals surface area contributed by atoms with Gasteiger partial charge in [-0.25, -0.2) is 0 Å². The van der Waals surface area contributed by atoms with Crippen molar-refractivity contribution in [2.24, 2.45) is 7.05 Å². The number of ether oxygens (including phenoxy) is 1. The van der Waals surface area contributed by atoms with E-state index >= 15 is 0 Å². The summed E-state index contributed by atoms with van der Waals surface area (Å²) in [6, 6.07) is 7.24. The van der Waals surface area contributed by atoms with Gasteiger partial charge >= 0.3 is 0 Å². The average Bonchev–Trinajstić information content (AvgIpc) is 3.06. The lowest BCUT2D eigenvalue weighted by atomic mass is 10.1. The first kappa shape index (κ1) is 16.4. The summed E-state index contributed by atoms with van der Waals surface area (Å²) in [7, 11) is 1.75. The molecular weight excluding hydrogens is 306 g/mol. The molecule has 128 valence electrons. The molecule has 24 heavy (non-hydrogen) atoms. The molecule has 0 bridgehead atoms. The zero-order valence-corrected chi connectivity index (χ0v) is 14.1. The van der Waals surface area contributed by atoms with Gasteiger partial charge in [0.2, 0.25) is 5.91 Å². The first-order valence-electron chi connectivity index (χ1n) is 8.26. The maximum Gasteiger partial charge on any atom is 0.254 e. The number of hydrogen-bond acceptors (Lipinski definition) is 3. The molecule has 0 unspecified atom stereocenters. The van der Waals surface area contributed by atoms with Gasteiger partial charge in [0.05, 0.1) is 0 Å². The number of hydrogen-bond donors (Lipinski definition) is 0. The highest BCUT2D eigenvalue weighted by atomic mass is 16.5. The molecule has 1 amide bonds. The lowest BCUT2D eigenvalue weighted by molar-refractivity contribution is -0.133. The number of piperidine rings is 1. The molecule has 0 aromatic carbocycles. The fraction of sp³-hybridized carbons (Fsp3) is 0.444. The summed E-state index contributed by atoms with van der Waals surface area (Å²) < 4.78 is 9.42. The Kier molecular flexibility index (Phi) is 4.74. The van der Waals surface area contributed by atoms with E-state index in [4.69, 9.17) is 4.74 Å². The van der Waals surface area contributed by atoms with Crippen LogP contribution in [0.15, 0.2) is 41.5 Å². The van der Waals surface area contributed by atoms with E-state index in [2.05, 4.69) is 0 Å². The number of pyridine rings is 1. The molecule has 1 saturated heterocycles. The Morgan fingerprint density at radius 3 is 2.50 bits per heavy atom. The summed E-state index contributed by atoms with van der Waals surface area (Å²) in [6.45, 7) is 3.65. The molecule has 6 nitrogen and oxygen atoms in total. The quantitative estimate of drug-likeness (QED) is 0.855. The molecule has 1 aliphatic heterocycles. The first-order chi connectivity index (χ1) is 11.5. The van der Waals surface area contributed by atoms with Gasteiger partial charge in [0.15, 0.2) is 0 Å². The minimum absolute atomic E-state index is 0.0483. The topological polar surface area (TPSA) is 56.5 Å². The third-order valence-electron chi connectivity index (χ3n) is 4.56. The lowest BCUT2D eigenvalue weighted by Crippen LogP contribution is -2.43. The van der Waals surface area contributed by atoms with Gasteiger partial charge in [0.25, 0.3) is 5.56 Å². The standard InChI is InChI=1S/C18H23N3O3/c1-14-11-16(12-17(22)19(14)2)24-15-5-9-21(10-6-15)18(23)13-20-7-3-4-8-20/h3-4,7-8,11-12,15H,5-6,9-10,13H2,1-2H3. The van der Waals surface area contributed by atoms with Crippen LogP contribution in [0.3, 0.4) is 0 Å². The third kappa shape index (κ3) is 3.69. The maximum absolute atomic E-state index is 12.3. The van der Waals surface area contributed by atoms with Gasteiger partial charge < -0.3 is 18.8 Å². The second kappa shape index (κ2) is 6.95. The van der Waals surface area contributed by atoms with E-state index < -0.39 is 0 Å². The van der Waals surface area contributed by atoms with Crippen LogP contribution < -0.4 is 10.3 Å². The highest BCUT2D eigenvalue weighted by molar-refractivity contribution is 5.76. The summed E-state index contributed by atoms with van der Waals surface area (Å²) in [4.78, 5) is 26.0. The molecule has 0 radical (unpaired) electrons. The van der Waals surface area contributed by atoms with Gasteiger partial charge in [-0.15, -0.1) is 0 Å². The largest absolute Gasteiger partial charge is 0.490 e. The number of rotatable bonds is 4. The molecule has 0 aliphatic carbocycles. The predicted molar refractivity (Wildman–Crippen MR) is 91.1 cm³/mol. The fourth-order valence-electron chi connectivity index (χ4n) is 2.95. The minimum Gasteiger partial charge on any atom is -0.490 e. The van der Waals surface area contributed by atoms with E-state index in [1.54, 1.807) is 11.6 Å². The molecule has 1 aliphatic rings. The number of likely N-dealkylation sites (tertiary alicyclic amines) is 1. The molecule has 0 N–H and O–H groups in total. The van der Waals surface area contributed by atoms with Crippen molar-refractivity contribution in [3.63, 3.8) is 0 Å². The summed E-state index contributed by atoms with van der Waals surface area (Å²) >= 11 is 0. The van der Waals surface area contributed by atoms with Gasteiger partial charge in [-0.2, -0.15) is 0 Å². The first-order valence-corrected chi connectivity index (χ1v) is 8.26. The molecule has 3 rings (SSSR count). The fourth-order valence-corrected chi connectivity index (χ4v) is 2.95. The van der Waals surface area contributed by atoms with Crippen molar-refractivity contribution in [1.82, 2.24) is 14.0 Å². The smallest absolute Gasteiger partial charge is 0.254 e. The molecule has 2 aromatic heterocycles. The Labute approximate surface area is 141 Å². The molecule has 1 fully saturated rings. The van der Waals surface area contributed by atoms with Crippen molar-refractivity contribution in [2.75, 3.05) is 13.1 Å². The van der Waals surface area contributed by atoms with E-state index in [0.29, 0.717) is 25.4 Å². The van der Waals surface area contributed by atoms with E-state index in [0.717, 1.165) is 18.5 Å². The second-order valence-corrected chi connectivity index (χ2v) is 6.28. The average molecular weight is 329 g/mol. The zero-order chi connectivity index (χ0) is 17.1. The lowest BCUT2D eigenvalue weighted by Gasteiger charge is -2.32. The normalized spacial score (nSPS) is 15.5. The van der Waals surface area contributed by atoms with Crippen LogP contribution in [0.2, 0.25) is 0 Å². The number of aromatic nitrogens is 2. The summed E-state index contributed by atoms with van der Waals surface area (Å²) in [5.41, 5.74) is 0.807. The van der Waals surface area contributed by atoms with Crippen LogP contribution in [-0.4, -0.2) is 39.1 Å². The Balaban J connectivity index is 1.53. The van der Waals surface area contributed by atoms with E-state index in [-0.39, 0.29) is 17.6 Å². The summed E-state index contributed by atoms with van der Waals surface area (Å²) in [5.74, 6) is 0.752. The summed E-state index contributed by atoms with van der Waals surface area (Å²) in [6.07, 6.45) is 5.40. The number of amides is 1. The SMILES string of the molecule is Cc1cc(OC2CCN(C(=O)Cn3cccc3)CC2)cc(=O)n1C. The van der Waals surface area contributed by atoms with Crippen LogP contribution in [0.1, 0.15) is 18.5 Å². The molecule has 0 spiro atoms. The van der Waals surface area contributed by atoms with Crippen molar-refractivity contribution in [3.8, 4) is 5.75 Å². The van der Waals surface area contributed by atoms with Crippen molar-refractivity contribution in [2.45, 2.75) is 32.4 Å². The van der Waals surface area contributed by atoms with Gasteiger partial charge in [-0.05, 0) is 25.1 Å². The highest BCUT2D eigenvalue weighted by Crippen LogP contribution is 2.19. The number of aryl methyl sites for hydroxylation is 1. The minimum atomic E-state index is -0.0654.